The fourth-order valence-electron chi connectivity index (χ4n) is 4.38. The van der Waals surface area contributed by atoms with Gasteiger partial charge in [0.1, 0.15) is 12.6 Å². The molecule has 32 heavy (non-hydrogen) atoms. The van der Waals surface area contributed by atoms with Gasteiger partial charge in [0.05, 0.1) is 6.54 Å². The van der Waals surface area contributed by atoms with Crippen LogP contribution in [-0.4, -0.2) is 59.6 Å². The molecule has 2 N–H and O–H groups in total. The molecule has 4 rings (SSSR count). The first kappa shape index (κ1) is 21.7. The molecule has 0 spiro atoms. The average Bonchev–Trinajstić information content (AvgIpc) is 3.39. The standard InChI is InChI=1S/C23H22F2N2O5/c24-23(25,21(30)27-11-5-10-19(27)20(28)29)13-26-22(31)32-12-18-16-8-3-1-6-14(16)15-7-2-4-9-17(15)18/h1-4,6-9,18-19H,5,10-13H2,(H,26,31)(H,28,29)/t19-/m1/s1. The number of fused-ring (bicyclic) bond motifs is 3. The predicted molar refractivity (Wildman–Crippen MR) is 110 cm³/mol. The van der Waals surface area contributed by atoms with Crippen molar-refractivity contribution in [2.75, 3.05) is 19.7 Å². The summed E-state index contributed by atoms with van der Waals surface area (Å²) < 4.78 is 33.9. The smallest absolute Gasteiger partial charge is 0.407 e. The van der Waals surface area contributed by atoms with Crippen LogP contribution in [0.25, 0.3) is 11.1 Å². The number of hydrogen-bond acceptors (Lipinski definition) is 4. The summed E-state index contributed by atoms with van der Waals surface area (Å²) in [6.45, 7) is -1.38. The van der Waals surface area contributed by atoms with E-state index < -0.39 is 36.5 Å². The summed E-state index contributed by atoms with van der Waals surface area (Å²) in [4.78, 5) is 36.1. The van der Waals surface area contributed by atoms with Crippen LogP contribution in [0.1, 0.15) is 29.9 Å². The fraction of sp³-hybridized carbons (Fsp3) is 0.348. The van der Waals surface area contributed by atoms with Crippen molar-refractivity contribution in [3.05, 3.63) is 59.7 Å². The number of carboxylic acid groups (broad SMARTS) is 1. The molecule has 2 amide bonds. The van der Waals surface area contributed by atoms with Crippen molar-refractivity contribution in [3.63, 3.8) is 0 Å². The van der Waals surface area contributed by atoms with Crippen LogP contribution in [-0.2, 0) is 14.3 Å². The van der Waals surface area contributed by atoms with Crippen LogP contribution in [0.15, 0.2) is 48.5 Å². The fourth-order valence-corrected chi connectivity index (χ4v) is 4.38. The minimum absolute atomic E-state index is 0.0490. The number of hydrogen-bond donors (Lipinski definition) is 2. The average molecular weight is 444 g/mol. The van der Waals surface area contributed by atoms with E-state index in [1.54, 1.807) is 0 Å². The van der Waals surface area contributed by atoms with Gasteiger partial charge in [-0.3, -0.25) is 4.79 Å². The summed E-state index contributed by atoms with van der Waals surface area (Å²) in [5, 5.41) is 11.0. The number of carboxylic acids is 1. The van der Waals surface area contributed by atoms with Gasteiger partial charge in [-0.1, -0.05) is 48.5 Å². The van der Waals surface area contributed by atoms with Crippen molar-refractivity contribution in [2.24, 2.45) is 0 Å². The van der Waals surface area contributed by atoms with Crippen LogP contribution in [0.4, 0.5) is 13.6 Å². The third-order valence-corrected chi connectivity index (χ3v) is 5.91. The number of amides is 2. The van der Waals surface area contributed by atoms with E-state index in [0.717, 1.165) is 22.3 Å². The van der Waals surface area contributed by atoms with Crippen molar-refractivity contribution in [3.8, 4) is 11.1 Å². The predicted octanol–water partition coefficient (Wildman–Crippen LogP) is 3.24. The Labute approximate surface area is 183 Å². The van der Waals surface area contributed by atoms with E-state index in [9.17, 15) is 23.2 Å². The number of rotatable bonds is 6. The van der Waals surface area contributed by atoms with Crippen LogP contribution in [0.5, 0.6) is 0 Å². The molecule has 7 nitrogen and oxygen atoms in total. The molecule has 1 atom stereocenters. The number of carbonyl (C=O) groups excluding carboxylic acids is 2. The Bertz CT molecular complexity index is 1010. The molecule has 1 heterocycles. The molecule has 1 saturated heterocycles. The van der Waals surface area contributed by atoms with E-state index in [2.05, 4.69) is 0 Å². The van der Waals surface area contributed by atoms with Crippen LogP contribution in [0, 0.1) is 0 Å². The van der Waals surface area contributed by atoms with Crippen LogP contribution >= 0.6 is 0 Å². The lowest BCUT2D eigenvalue weighted by Crippen LogP contribution is -2.52. The van der Waals surface area contributed by atoms with E-state index in [4.69, 9.17) is 9.84 Å². The normalized spacial score (nSPS) is 17.6. The van der Waals surface area contributed by atoms with E-state index in [1.807, 2.05) is 53.8 Å². The number of halogens is 2. The monoisotopic (exact) mass is 444 g/mol. The lowest BCUT2D eigenvalue weighted by atomic mass is 9.98. The quantitative estimate of drug-likeness (QED) is 0.713. The van der Waals surface area contributed by atoms with Crippen molar-refractivity contribution < 1.29 is 33.0 Å². The first-order chi connectivity index (χ1) is 15.3. The van der Waals surface area contributed by atoms with Gasteiger partial charge >= 0.3 is 18.0 Å². The molecule has 1 aliphatic carbocycles. The highest BCUT2D eigenvalue weighted by Gasteiger charge is 2.47. The van der Waals surface area contributed by atoms with Gasteiger partial charge in [0.15, 0.2) is 0 Å². The van der Waals surface area contributed by atoms with Gasteiger partial charge in [0, 0.05) is 12.5 Å². The summed E-state index contributed by atoms with van der Waals surface area (Å²) in [6, 6.07) is 14.1. The molecule has 9 heteroatoms. The summed E-state index contributed by atoms with van der Waals surface area (Å²) in [6.07, 6.45) is -0.620. The third-order valence-electron chi connectivity index (χ3n) is 5.91. The van der Waals surface area contributed by atoms with Gasteiger partial charge in [0.25, 0.3) is 5.91 Å². The molecular formula is C23H22F2N2O5. The van der Waals surface area contributed by atoms with Crippen molar-refractivity contribution in [1.82, 2.24) is 10.2 Å². The lowest BCUT2D eigenvalue weighted by molar-refractivity contribution is -0.162. The van der Waals surface area contributed by atoms with Crippen LogP contribution in [0.3, 0.4) is 0 Å². The number of ether oxygens (including phenoxy) is 1. The highest BCUT2D eigenvalue weighted by Crippen LogP contribution is 2.44. The van der Waals surface area contributed by atoms with Gasteiger partial charge in [-0.15, -0.1) is 0 Å². The Morgan fingerprint density at radius 1 is 1.06 bits per heavy atom. The molecular weight excluding hydrogens is 422 g/mol. The van der Waals surface area contributed by atoms with Gasteiger partial charge in [-0.2, -0.15) is 8.78 Å². The highest BCUT2D eigenvalue weighted by molar-refractivity contribution is 5.89. The second-order valence-electron chi connectivity index (χ2n) is 7.88. The number of nitrogens with zero attached hydrogens (tertiary/aromatic N) is 1. The highest BCUT2D eigenvalue weighted by atomic mass is 19.3. The van der Waals surface area contributed by atoms with E-state index in [-0.39, 0.29) is 25.5 Å². The van der Waals surface area contributed by atoms with E-state index >= 15 is 0 Å². The number of alkyl halides is 2. The first-order valence-corrected chi connectivity index (χ1v) is 10.3. The maximum atomic E-state index is 14.3. The summed E-state index contributed by atoms with van der Waals surface area (Å²) in [5.74, 6) is -7.10. The maximum Gasteiger partial charge on any atom is 0.407 e. The van der Waals surface area contributed by atoms with Crippen molar-refractivity contribution in [1.29, 1.82) is 0 Å². The Hall–Kier alpha value is -3.49. The number of benzene rings is 2. The topological polar surface area (TPSA) is 95.9 Å². The Morgan fingerprint density at radius 3 is 2.25 bits per heavy atom. The Balaban J connectivity index is 1.36. The maximum absolute atomic E-state index is 14.3. The molecule has 168 valence electrons. The molecule has 0 saturated carbocycles. The Morgan fingerprint density at radius 2 is 1.66 bits per heavy atom. The number of aliphatic carboxylic acids is 1. The zero-order valence-corrected chi connectivity index (χ0v) is 17.1. The van der Waals surface area contributed by atoms with Crippen LogP contribution in [0.2, 0.25) is 0 Å². The zero-order chi connectivity index (χ0) is 22.9. The van der Waals surface area contributed by atoms with Gasteiger partial charge in [-0.05, 0) is 35.1 Å². The minimum atomic E-state index is -3.94. The zero-order valence-electron chi connectivity index (χ0n) is 17.1. The number of nitrogens with one attached hydrogen (secondary N) is 1. The van der Waals surface area contributed by atoms with E-state index in [1.165, 1.54) is 0 Å². The summed E-state index contributed by atoms with van der Waals surface area (Å²) in [5.41, 5.74) is 4.03. The molecule has 0 unspecified atom stereocenters. The largest absolute Gasteiger partial charge is 0.480 e. The summed E-state index contributed by atoms with van der Waals surface area (Å²) >= 11 is 0. The lowest BCUT2D eigenvalue weighted by Gasteiger charge is -2.26. The Kier molecular flexibility index (Phi) is 5.82. The second kappa shape index (κ2) is 8.57. The molecule has 0 bridgehead atoms. The third kappa shape index (κ3) is 4.02. The number of likely N-dealkylation sites (tertiary alicyclic amines) is 1. The van der Waals surface area contributed by atoms with Crippen molar-refractivity contribution in [2.45, 2.75) is 30.7 Å². The van der Waals surface area contributed by atoms with E-state index in [0.29, 0.717) is 11.3 Å². The summed E-state index contributed by atoms with van der Waals surface area (Å²) in [7, 11) is 0. The second-order valence-corrected chi connectivity index (χ2v) is 7.88. The SMILES string of the molecule is O=C(NCC(F)(F)C(=O)N1CCC[C@@H]1C(=O)O)OCC1c2ccccc2-c2ccccc21. The number of alkyl carbamates (subject to hydrolysis) is 1. The van der Waals surface area contributed by atoms with Crippen molar-refractivity contribution >= 4 is 18.0 Å². The number of carbonyl (C=O) groups is 3. The molecule has 1 aliphatic heterocycles. The molecule has 1 fully saturated rings. The van der Waals surface area contributed by atoms with Gasteiger partial charge < -0.3 is 20.1 Å². The molecule has 2 aromatic carbocycles. The van der Waals surface area contributed by atoms with Gasteiger partial charge in [0.2, 0.25) is 0 Å². The molecule has 2 aliphatic rings. The molecule has 0 aromatic heterocycles. The van der Waals surface area contributed by atoms with Gasteiger partial charge in [-0.25, -0.2) is 9.59 Å². The molecule has 0 radical (unpaired) electrons. The van der Waals surface area contributed by atoms with Crippen LogP contribution < -0.4 is 5.32 Å². The molecule has 2 aromatic rings. The minimum Gasteiger partial charge on any atom is -0.480 e. The first-order valence-electron chi connectivity index (χ1n) is 10.3.